The molecule has 1 heterocycles. The van der Waals surface area contributed by atoms with Crippen molar-refractivity contribution in [2.45, 2.75) is 13.0 Å². The zero-order valence-electron chi connectivity index (χ0n) is 12.6. The van der Waals surface area contributed by atoms with Gasteiger partial charge in [-0.3, -0.25) is 0 Å². The third-order valence-corrected chi connectivity index (χ3v) is 3.64. The second kappa shape index (κ2) is 6.32. The highest BCUT2D eigenvalue weighted by molar-refractivity contribution is 5.58. The lowest BCUT2D eigenvalue weighted by Crippen LogP contribution is -2.08. The van der Waals surface area contributed by atoms with Gasteiger partial charge >= 0.3 is 0 Å². The topological polar surface area (TPSA) is 53.6 Å². The maximum absolute atomic E-state index is 13.2. The number of aromatic nitrogens is 2. The molecule has 3 rings (SSSR count). The van der Waals surface area contributed by atoms with E-state index in [9.17, 15) is 4.39 Å². The maximum Gasteiger partial charge on any atom is 0.124 e. The second-order valence-corrected chi connectivity index (χ2v) is 5.21. The number of nitriles is 1. The van der Waals surface area contributed by atoms with E-state index in [4.69, 9.17) is 5.26 Å². The Hall–Kier alpha value is -3.13. The molecule has 0 saturated heterocycles. The Kier molecular flexibility index (Phi) is 4.07. The molecule has 2 aromatic carbocycles. The first kappa shape index (κ1) is 14.8. The van der Waals surface area contributed by atoms with Crippen LogP contribution in [-0.4, -0.2) is 9.78 Å². The molecule has 0 spiro atoms. The predicted octanol–water partition coefficient (Wildman–Crippen LogP) is 4.06. The Balaban J connectivity index is 1.79. The summed E-state index contributed by atoms with van der Waals surface area (Å²) >= 11 is 0. The molecule has 1 N–H and O–H groups in total. The average Bonchev–Trinajstić information content (AvgIpc) is 3.11. The van der Waals surface area contributed by atoms with Crippen LogP contribution in [0.4, 0.5) is 10.1 Å². The highest BCUT2D eigenvalue weighted by atomic mass is 19.1. The van der Waals surface area contributed by atoms with E-state index >= 15 is 0 Å². The molecule has 0 amide bonds. The Bertz CT molecular complexity index is 832. The van der Waals surface area contributed by atoms with Crippen molar-refractivity contribution in [3.05, 3.63) is 77.9 Å². The summed E-state index contributed by atoms with van der Waals surface area (Å²) in [5.41, 5.74) is 2.96. The standard InChI is InChI=1S/C18H15FN4/c1-13(22-18-8-5-16(19)11-15(18)12-20)14-3-6-17(7-4-14)23-10-2-9-21-23/h2-11,13,22H,1H3. The number of nitrogens with zero attached hydrogens (tertiary/aromatic N) is 3. The van der Waals surface area contributed by atoms with Gasteiger partial charge in [-0.1, -0.05) is 12.1 Å². The summed E-state index contributed by atoms with van der Waals surface area (Å²) in [4.78, 5) is 0. The van der Waals surface area contributed by atoms with E-state index in [1.807, 2.05) is 49.5 Å². The lowest BCUT2D eigenvalue weighted by Gasteiger charge is -2.17. The lowest BCUT2D eigenvalue weighted by atomic mass is 10.1. The summed E-state index contributed by atoms with van der Waals surface area (Å²) in [5.74, 6) is -0.414. The second-order valence-electron chi connectivity index (χ2n) is 5.21. The molecule has 1 atom stereocenters. The molecule has 0 fully saturated rings. The fourth-order valence-electron chi connectivity index (χ4n) is 2.39. The number of hydrogen-bond acceptors (Lipinski definition) is 3. The van der Waals surface area contributed by atoms with Crippen LogP contribution < -0.4 is 5.32 Å². The predicted molar refractivity (Wildman–Crippen MR) is 86.7 cm³/mol. The van der Waals surface area contributed by atoms with E-state index in [1.54, 1.807) is 16.9 Å². The van der Waals surface area contributed by atoms with E-state index in [0.717, 1.165) is 11.3 Å². The van der Waals surface area contributed by atoms with Gasteiger partial charge in [-0.2, -0.15) is 10.4 Å². The van der Waals surface area contributed by atoms with Crippen LogP contribution in [0.1, 0.15) is 24.1 Å². The molecule has 0 bridgehead atoms. The molecular formula is C18H15FN4. The van der Waals surface area contributed by atoms with E-state index in [-0.39, 0.29) is 6.04 Å². The van der Waals surface area contributed by atoms with Gasteiger partial charge in [0.2, 0.25) is 0 Å². The minimum absolute atomic E-state index is 0.0146. The van der Waals surface area contributed by atoms with Crippen molar-refractivity contribution in [3.63, 3.8) is 0 Å². The monoisotopic (exact) mass is 306 g/mol. The van der Waals surface area contributed by atoms with Crippen LogP contribution >= 0.6 is 0 Å². The molecule has 5 heteroatoms. The van der Waals surface area contributed by atoms with E-state index < -0.39 is 5.82 Å². The number of nitrogens with one attached hydrogen (secondary N) is 1. The van der Waals surface area contributed by atoms with Gasteiger partial charge in [0.15, 0.2) is 0 Å². The normalized spacial score (nSPS) is 11.7. The molecule has 1 unspecified atom stereocenters. The minimum Gasteiger partial charge on any atom is -0.377 e. The third-order valence-electron chi connectivity index (χ3n) is 3.64. The Labute approximate surface area is 133 Å². The molecule has 23 heavy (non-hydrogen) atoms. The average molecular weight is 306 g/mol. The first-order valence-corrected chi connectivity index (χ1v) is 7.23. The third kappa shape index (κ3) is 3.22. The fraction of sp³-hybridized carbons (Fsp3) is 0.111. The highest BCUT2D eigenvalue weighted by Crippen LogP contribution is 2.23. The zero-order chi connectivity index (χ0) is 16.2. The SMILES string of the molecule is CC(Nc1ccc(F)cc1C#N)c1ccc(-n2cccn2)cc1. The van der Waals surface area contributed by atoms with E-state index in [0.29, 0.717) is 11.3 Å². The molecule has 0 aliphatic heterocycles. The molecule has 0 aliphatic carbocycles. The van der Waals surface area contributed by atoms with Gasteiger partial charge in [-0.25, -0.2) is 9.07 Å². The lowest BCUT2D eigenvalue weighted by molar-refractivity contribution is 0.627. The van der Waals surface area contributed by atoms with Crippen LogP contribution in [0.3, 0.4) is 0 Å². The molecule has 0 saturated carbocycles. The summed E-state index contributed by atoms with van der Waals surface area (Å²) in [5, 5.41) is 16.5. The van der Waals surface area contributed by atoms with E-state index in [1.165, 1.54) is 12.1 Å². The number of benzene rings is 2. The van der Waals surface area contributed by atoms with Gasteiger partial charge in [0.05, 0.1) is 16.9 Å². The first-order chi connectivity index (χ1) is 11.2. The van der Waals surface area contributed by atoms with Crippen LogP contribution in [0.5, 0.6) is 0 Å². The Morgan fingerprint density at radius 3 is 2.65 bits per heavy atom. The summed E-state index contributed by atoms with van der Waals surface area (Å²) in [6.45, 7) is 1.99. The van der Waals surface area contributed by atoms with Crippen LogP contribution in [0, 0.1) is 17.1 Å². The minimum atomic E-state index is -0.414. The summed E-state index contributed by atoms with van der Waals surface area (Å²) in [6, 6.07) is 16.0. The maximum atomic E-state index is 13.2. The van der Waals surface area contributed by atoms with Crippen LogP contribution in [0.15, 0.2) is 60.9 Å². The highest BCUT2D eigenvalue weighted by Gasteiger charge is 2.09. The number of rotatable bonds is 4. The number of hydrogen-bond donors (Lipinski definition) is 1. The van der Waals surface area contributed by atoms with Gasteiger partial charge in [-0.05, 0) is 48.9 Å². The smallest absolute Gasteiger partial charge is 0.124 e. The van der Waals surface area contributed by atoms with Gasteiger partial charge in [0.25, 0.3) is 0 Å². The van der Waals surface area contributed by atoms with Gasteiger partial charge in [0, 0.05) is 18.4 Å². The summed E-state index contributed by atoms with van der Waals surface area (Å²) in [7, 11) is 0. The van der Waals surface area contributed by atoms with Gasteiger partial charge in [0.1, 0.15) is 11.9 Å². The first-order valence-electron chi connectivity index (χ1n) is 7.23. The molecule has 0 radical (unpaired) electrons. The largest absolute Gasteiger partial charge is 0.377 e. The van der Waals surface area contributed by atoms with Gasteiger partial charge < -0.3 is 5.32 Å². The molecule has 114 valence electrons. The van der Waals surface area contributed by atoms with Gasteiger partial charge in [-0.15, -0.1) is 0 Å². The van der Waals surface area contributed by atoms with Crippen molar-refractivity contribution in [3.8, 4) is 11.8 Å². The van der Waals surface area contributed by atoms with Crippen molar-refractivity contribution in [2.75, 3.05) is 5.32 Å². The molecule has 0 aliphatic rings. The van der Waals surface area contributed by atoms with Crippen LogP contribution in [0.25, 0.3) is 5.69 Å². The van der Waals surface area contributed by atoms with Crippen molar-refractivity contribution in [1.82, 2.24) is 9.78 Å². The summed E-state index contributed by atoms with van der Waals surface area (Å²) in [6.07, 6.45) is 3.62. The van der Waals surface area contributed by atoms with Crippen molar-refractivity contribution in [1.29, 1.82) is 5.26 Å². The molecule has 1 aromatic heterocycles. The molecule has 3 aromatic rings. The van der Waals surface area contributed by atoms with Crippen molar-refractivity contribution < 1.29 is 4.39 Å². The van der Waals surface area contributed by atoms with E-state index in [2.05, 4.69) is 10.4 Å². The summed E-state index contributed by atoms with van der Waals surface area (Å²) < 4.78 is 15.0. The number of anilines is 1. The Morgan fingerprint density at radius 1 is 1.22 bits per heavy atom. The van der Waals surface area contributed by atoms with Crippen LogP contribution in [0.2, 0.25) is 0 Å². The van der Waals surface area contributed by atoms with Crippen molar-refractivity contribution >= 4 is 5.69 Å². The molecule has 4 nitrogen and oxygen atoms in total. The number of halogens is 1. The Morgan fingerprint density at radius 2 is 2.00 bits per heavy atom. The molecular weight excluding hydrogens is 291 g/mol. The quantitative estimate of drug-likeness (QED) is 0.791. The fourth-order valence-corrected chi connectivity index (χ4v) is 2.39. The zero-order valence-corrected chi connectivity index (χ0v) is 12.6. The van der Waals surface area contributed by atoms with Crippen LogP contribution in [-0.2, 0) is 0 Å². The van der Waals surface area contributed by atoms with Crippen molar-refractivity contribution in [2.24, 2.45) is 0 Å².